The maximum absolute atomic E-state index is 5.86. The summed E-state index contributed by atoms with van der Waals surface area (Å²) in [5, 5.41) is 4.32. The van der Waals surface area contributed by atoms with E-state index in [2.05, 4.69) is 15.1 Å². The first-order valence-corrected chi connectivity index (χ1v) is 6.51. The van der Waals surface area contributed by atoms with E-state index in [4.69, 9.17) is 10.5 Å². The van der Waals surface area contributed by atoms with E-state index in [0.717, 1.165) is 11.4 Å². The Bertz CT molecular complexity index is 640. The van der Waals surface area contributed by atoms with Crippen LogP contribution in [-0.2, 0) is 12.5 Å². The van der Waals surface area contributed by atoms with Gasteiger partial charge >= 0.3 is 0 Å². The van der Waals surface area contributed by atoms with Gasteiger partial charge in [0.1, 0.15) is 17.3 Å². The minimum Gasteiger partial charge on any atom is -0.435 e. The van der Waals surface area contributed by atoms with Gasteiger partial charge in [-0.25, -0.2) is 4.98 Å². The quantitative estimate of drug-likeness (QED) is 0.911. The molecular formula is C14H21N5O. The zero-order valence-corrected chi connectivity index (χ0v) is 12.9. The van der Waals surface area contributed by atoms with Crippen LogP contribution in [0.15, 0.2) is 6.07 Å². The van der Waals surface area contributed by atoms with Crippen LogP contribution >= 0.6 is 0 Å². The van der Waals surface area contributed by atoms with Gasteiger partial charge in [0.25, 0.3) is 0 Å². The summed E-state index contributed by atoms with van der Waals surface area (Å²) < 4.78 is 7.64. The normalized spacial score (nSPS) is 11.7. The van der Waals surface area contributed by atoms with E-state index in [1.54, 1.807) is 10.7 Å². The van der Waals surface area contributed by atoms with Gasteiger partial charge in [-0.05, 0) is 13.8 Å². The van der Waals surface area contributed by atoms with Crippen molar-refractivity contribution in [1.82, 2.24) is 19.7 Å². The van der Waals surface area contributed by atoms with Crippen LogP contribution in [0.2, 0.25) is 0 Å². The summed E-state index contributed by atoms with van der Waals surface area (Å²) in [5.41, 5.74) is 7.41. The summed E-state index contributed by atoms with van der Waals surface area (Å²) in [7, 11) is 1.88. The lowest BCUT2D eigenvalue weighted by Crippen LogP contribution is -2.17. The maximum atomic E-state index is 5.86. The molecule has 108 valence electrons. The minimum absolute atomic E-state index is 0.188. The van der Waals surface area contributed by atoms with Gasteiger partial charge in [0, 0.05) is 18.5 Å². The molecule has 0 aliphatic carbocycles. The van der Waals surface area contributed by atoms with Crippen LogP contribution in [0.3, 0.4) is 0 Å². The van der Waals surface area contributed by atoms with E-state index in [0.29, 0.717) is 23.3 Å². The lowest BCUT2D eigenvalue weighted by molar-refractivity contribution is 0.440. The molecule has 0 atom stereocenters. The highest BCUT2D eigenvalue weighted by atomic mass is 16.5. The Morgan fingerprint density at radius 3 is 2.35 bits per heavy atom. The predicted octanol–water partition coefficient (Wildman–Crippen LogP) is 2.50. The lowest BCUT2D eigenvalue weighted by atomic mass is 9.96. The number of nitrogen functional groups attached to an aromatic ring is 1. The van der Waals surface area contributed by atoms with Crippen molar-refractivity contribution < 1.29 is 4.74 Å². The molecule has 0 spiro atoms. The van der Waals surface area contributed by atoms with Crippen LogP contribution in [-0.4, -0.2) is 19.7 Å². The van der Waals surface area contributed by atoms with Crippen LogP contribution in [0, 0.1) is 13.8 Å². The fourth-order valence-corrected chi connectivity index (χ4v) is 1.84. The number of nitrogens with two attached hydrogens (primary N) is 1. The van der Waals surface area contributed by atoms with E-state index < -0.39 is 0 Å². The zero-order chi connectivity index (χ0) is 15.1. The van der Waals surface area contributed by atoms with Crippen molar-refractivity contribution in [3.8, 4) is 11.6 Å². The molecule has 0 radical (unpaired) electrons. The molecule has 0 aliphatic rings. The first kappa shape index (κ1) is 14.3. The molecular weight excluding hydrogens is 254 g/mol. The van der Waals surface area contributed by atoms with E-state index >= 15 is 0 Å². The van der Waals surface area contributed by atoms with Crippen molar-refractivity contribution in [2.24, 2.45) is 7.05 Å². The molecule has 0 aromatic carbocycles. The average molecular weight is 275 g/mol. The van der Waals surface area contributed by atoms with Gasteiger partial charge < -0.3 is 10.5 Å². The highest BCUT2D eigenvalue weighted by Gasteiger charge is 2.20. The first-order valence-electron chi connectivity index (χ1n) is 6.51. The number of nitrogens with zero attached hydrogens (tertiary/aromatic N) is 4. The van der Waals surface area contributed by atoms with Crippen molar-refractivity contribution in [2.45, 2.75) is 40.0 Å². The predicted molar refractivity (Wildman–Crippen MR) is 77.9 cm³/mol. The minimum atomic E-state index is -0.188. The second kappa shape index (κ2) is 4.77. The smallest absolute Gasteiger partial charge is 0.224 e. The van der Waals surface area contributed by atoms with Crippen molar-refractivity contribution in [2.75, 3.05) is 5.73 Å². The Balaban J connectivity index is 2.41. The SMILES string of the molecule is Cc1nn(C)c(C)c1Oc1cc(N)nc(C(C)(C)C)n1. The molecule has 6 nitrogen and oxygen atoms in total. The molecule has 20 heavy (non-hydrogen) atoms. The van der Waals surface area contributed by atoms with Gasteiger partial charge in [-0.1, -0.05) is 20.8 Å². The number of rotatable bonds is 2. The fourth-order valence-electron chi connectivity index (χ4n) is 1.84. The monoisotopic (exact) mass is 275 g/mol. The summed E-state index contributed by atoms with van der Waals surface area (Å²) >= 11 is 0. The second-order valence-electron chi connectivity index (χ2n) is 5.93. The Morgan fingerprint density at radius 1 is 1.20 bits per heavy atom. The maximum Gasteiger partial charge on any atom is 0.224 e. The van der Waals surface area contributed by atoms with Crippen LogP contribution < -0.4 is 10.5 Å². The molecule has 2 aromatic rings. The summed E-state index contributed by atoms with van der Waals surface area (Å²) in [6.07, 6.45) is 0. The standard InChI is InChI=1S/C14H21N5O/c1-8-12(9(2)19(6)18-8)20-11-7-10(15)16-13(17-11)14(3,4)5/h7H,1-6H3,(H2,15,16,17). The van der Waals surface area contributed by atoms with E-state index in [9.17, 15) is 0 Å². The van der Waals surface area contributed by atoms with Crippen LogP contribution in [0.1, 0.15) is 38.0 Å². The number of ether oxygens (including phenoxy) is 1. The van der Waals surface area contributed by atoms with Crippen molar-refractivity contribution >= 4 is 5.82 Å². The van der Waals surface area contributed by atoms with Crippen LogP contribution in [0.25, 0.3) is 0 Å². The molecule has 2 aromatic heterocycles. The van der Waals surface area contributed by atoms with Gasteiger partial charge in [-0.15, -0.1) is 0 Å². The molecule has 0 fully saturated rings. The van der Waals surface area contributed by atoms with E-state index in [1.165, 1.54) is 0 Å². The molecule has 0 saturated carbocycles. The van der Waals surface area contributed by atoms with Crippen LogP contribution in [0.5, 0.6) is 11.6 Å². The molecule has 6 heteroatoms. The Labute approximate surface area is 119 Å². The molecule has 2 rings (SSSR count). The van der Waals surface area contributed by atoms with Crippen molar-refractivity contribution in [3.63, 3.8) is 0 Å². The molecule has 2 N–H and O–H groups in total. The molecule has 2 heterocycles. The van der Waals surface area contributed by atoms with E-state index in [-0.39, 0.29) is 5.41 Å². The topological polar surface area (TPSA) is 78.9 Å². The number of anilines is 1. The number of hydrogen-bond donors (Lipinski definition) is 1. The lowest BCUT2D eigenvalue weighted by Gasteiger charge is -2.17. The Hall–Kier alpha value is -2.11. The average Bonchev–Trinajstić information content (AvgIpc) is 2.54. The zero-order valence-electron chi connectivity index (χ0n) is 12.9. The van der Waals surface area contributed by atoms with Gasteiger partial charge in [0.2, 0.25) is 5.88 Å². The third-order valence-corrected chi connectivity index (χ3v) is 3.04. The molecule has 0 bridgehead atoms. The Kier molecular flexibility index (Phi) is 3.41. The van der Waals surface area contributed by atoms with Crippen molar-refractivity contribution in [1.29, 1.82) is 0 Å². The highest BCUT2D eigenvalue weighted by Crippen LogP contribution is 2.29. The van der Waals surface area contributed by atoms with Crippen LogP contribution in [0.4, 0.5) is 5.82 Å². The molecule has 0 aliphatic heterocycles. The summed E-state index contributed by atoms with van der Waals surface area (Å²) in [4.78, 5) is 8.70. The molecule has 0 amide bonds. The fraction of sp³-hybridized carbons (Fsp3) is 0.500. The highest BCUT2D eigenvalue weighted by molar-refractivity contribution is 5.39. The first-order chi connectivity index (χ1) is 9.18. The third-order valence-electron chi connectivity index (χ3n) is 3.04. The summed E-state index contributed by atoms with van der Waals surface area (Å²) in [6, 6.07) is 1.63. The van der Waals surface area contributed by atoms with Crippen molar-refractivity contribution in [3.05, 3.63) is 23.3 Å². The summed E-state index contributed by atoms with van der Waals surface area (Å²) in [6.45, 7) is 9.95. The number of aromatic nitrogens is 4. The van der Waals surface area contributed by atoms with Gasteiger partial charge in [-0.3, -0.25) is 4.68 Å². The summed E-state index contributed by atoms with van der Waals surface area (Å²) in [5.74, 6) is 2.22. The van der Waals surface area contributed by atoms with Gasteiger partial charge in [0.05, 0.1) is 5.69 Å². The third kappa shape index (κ3) is 2.74. The Morgan fingerprint density at radius 2 is 1.85 bits per heavy atom. The van der Waals surface area contributed by atoms with Gasteiger partial charge in [-0.2, -0.15) is 10.1 Å². The van der Waals surface area contributed by atoms with Gasteiger partial charge in [0.15, 0.2) is 5.75 Å². The molecule has 0 saturated heterocycles. The molecule has 0 unspecified atom stereocenters. The number of aryl methyl sites for hydroxylation is 2. The second-order valence-corrected chi connectivity index (χ2v) is 5.93. The van der Waals surface area contributed by atoms with E-state index in [1.807, 2.05) is 41.7 Å². The number of hydrogen-bond acceptors (Lipinski definition) is 5. The largest absolute Gasteiger partial charge is 0.435 e.